The predicted molar refractivity (Wildman–Crippen MR) is 78.4 cm³/mol. The van der Waals surface area contributed by atoms with Gasteiger partial charge in [0.05, 0.1) is 60.3 Å². The van der Waals surface area contributed by atoms with E-state index < -0.39 is 5.97 Å². The van der Waals surface area contributed by atoms with Gasteiger partial charge in [0.15, 0.2) is 6.54 Å². The Labute approximate surface area is 127 Å². The maximum atomic E-state index is 10.6. The van der Waals surface area contributed by atoms with Crippen LogP contribution >= 0.6 is 0 Å². The summed E-state index contributed by atoms with van der Waals surface area (Å²) in [5.41, 5.74) is 0. The van der Waals surface area contributed by atoms with Gasteiger partial charge in [-0.15, -0.1) is 0 Å². The van der Waals surface area contributed by atoms with E-state index in [9.17, 15) is 4.79 Å². The van der Waals surface area contributed by atoms with Crippen LogP contribution in [0.3, 0.4) is 0 Å². The second-order valence-electron chi connectivity index (χ2n) is 5.25. The number of hydrogen-bond acceptors (Lipinski definition) is 5. The van der Waals surface area contributed by atoms with Gasteiger partial charge in [0.1, 0.15) is 6.54 Å². The molecule has 7 heteroatoms. The number of nitrogens with zero attached hydrogens (tertiary/aromatic N) is 1. The van der Waals surface area contributed by atoms with Crippen molar-refractivity contribution in [2.75, 3.05) is 80.0 Å². The third-order valence-electron chi connectivity index (χ3n) is 2.72. The smallest absolute Gasteiger partial charge is 0.359 e. The lowest BCUT2D eigenvalue weighted by Gasteiger charge is -2.27. The van der Waals surface area contributed by atoms with E-state index in [1.807, 2.05) is 21.0 Å². The summed E-state index contributed by atoms with van der Waals surface area (Å²) in [6.07, 6.45) is 0. The fourth-order valence-corrected chi connectivity index (χ4v) is 1.56. The minimum atomic E-state index is -0.798. The standard InChI is InChI=1S/C14H29NO6/c1-4-18-7-8-20-11-12-21-10-9-19-6-5-15(2,3)13-14(16)17/h4-13H2,1-3H3/p+1. The third-order valence-corrected chi connectivity index (χ3v) is 2.72. The molecule has 0 unspecified atom stereocenters. The first-order valence-corrected chi connectivity index (χ1v) is 7.32. The normalized spacial score (nSPS) is 11.8. The Kier molecular flexibility index (Phi) is 12.5. The van der Waals surface area contributed by atoms with Crippen LogP contribution < -0.4 is 0 Å². The van der Waals surface area contributed by atoms with Gasteiger partial charge in [-0.1, -0.05) is 0 Å². The Morgan fingerprint density at radius 2 is 1.29 bits per heavy atom. The Morgan fingerprint density at radius 1 is 0.857 bits per heavy atom. The molecule has 0 saturated carbocycles. The van der Waals surface area contributed by atoms with Crippen molar-refractivity contribution in [3.8, 4) is 0 Å². The quantitative estimate of drug-likeness (QED) is 0.345. The molecule has 0 rings (SSSR count). The number of hydrogen-bond donors (Lipinski definition) is 1. The van der Waals surface area contributed by atoms with E-state index in [0.29, 0.717) is 63.9 Å². The van der Waals surface area contributed by atoms with Crippen LogP contribution in [0.1, 0.15) is 6.92 Å². The first-order chi connectivity index (χ1) is 9.98. The summed E-state index contributed by atoms with van der Waals surface area (Å²) in [6, 6.07) is 0. The summed E-state index contributed by atoms with van der Waals surface area (Å²) < 4.78 is 21.6. The van der Waals surface area contributed by atoms with Crippen LogP contribution in [0.5, 0.6) is 0 Å². The van der Waals surface area contributed by atoms with Crippen LogP contribution in [0.2, 0.25) is 0 Å². The highest BCUT2D eigenvalue weighted by atomic mass is 16.6. The van der Waals surface area contributed by atoms with Crippen molar-refractivity contribution in [2.24, 2.45) is 0 Å². The topological polar surface area (TPSA) is 74.2 Å². The number of ether oxygens (including phenoxy) is 4. The van der Waals surface area contributed by atoms with Crippen molar-refractivity contribution in [2.45, 2.75) is 6.92 Å². The summed E-state index contributed by atoms with van der Waals surface area (Å²) in [6.45, 7) is 7.25. The molecule has 7 nitrogen and oxygen atoms in total. The Morgan fingerprint density at radius 3 is 1.71 bits per heavy atom. The van der Waals surface area contributed by atoms with Crippen molar-refractivity contribution < 1.29 is 33.3 Å². The van der Waals surface area contributed by atoms with E-state index in [2.05, 4.69) is 0 Å². The van der Waals surface area contributed by atoms with Crippen molar-refractivity contribution in [1.29, 1.82) is 0 Å². The monoisotopic (exact) mass is 308 g/mol. The molecule has 0 atom stereocenters. The number of likely N-dealkylation sites (N-methyl/N-ethyl adjacent to an activating group) is 1. The van der Waals surface area contributed by atoms with Crippen molar-refractivity contribution >= 4 is 5.97 Å². The third kappa shape index (κ3) is 15.5. The number of rotatable bonds is 15. The molecular weight excluding hydrogens is 278 g/mol. The molecule has 0 aliphatic carbocycles. The average Bonchev–Trinajstić information content (AvgIpc) is 2.38. The largest absolute Gasteiger partial charge is 0.477 e. The molecule has 0 aromatic heterocycles. The van der Waals surface area contributed by atoms with Gasteiger partial charge in [0.2, 0.25) is 0 Å². The molecule has 0 aromatic rings. The van der Waals surface area contributed by atoms with Crippen LogP contribution in [0.15, 0.2) is 0 Å². The molecule has 0 amide bonds. The number of carboxylic acids is 1. The summed E-state index contributed by atoms with van der Waals surface area (Å²) in [5.74, 6) is -0.798. The zero-order valence-corrected chi connectivity index (χ0v) is 13.5. The maximum absolute atomic E-state index is 10.6. The van der Waals surface area contributed by atoms with Gasteiger partial charge in [-0.2, -0.15) is 0 Å². The van der Waals surface area contributed by atoms with Crippen LogP contribution in [-0.4, -0.2) is 95.6 Å². The highest BCUT2D eigenvalue weighted by molar-refractivity contribution is 5.67. The van der Waals surface area contributed by atoms with Crippen molar-refractivity contribution in [3.05, 3.63) is 0 Å². The zero-order valence-electron chi connectivity index (χ0n) is 13.5. The van der Waals surface area contributed by atoms with E-state index in [1.165, 1.54) is 0 Å². The lowest BCUT2D eigenvalue weighted by Crippen LogP contribution is -2.46. The van der Waals surface area contributed by atoms with Gasteiger partial charge in [-0.05, 0) is 6.92 Å². The second-order valence-corrected chi connectivity index (χ2v) is 5.25. The van der Waals surface area contributed by atoms with E-state index in [4.69, 9.17) is 24.1 Å². The highest BCUT2D eigenvalue weighted by Crippen LogP contribution is 1.96. The molecule has 0 radical (unpaired) electrons. The summed E-state index contributed by atoms with van der Waals surface area (Å²) in [4.78, 5) is 10.6. The molecule has 1 N–H and O–H groups in total. The molecule has 0 heterocycles. The molecule has 0 spiro atoms. The van der Waals surface area contributed by atoms with Crippen LogP contribution in [0.4, 0.5) is 0 Å². The fraction of sp³-hybridized carbons (Fsp3) is 0.929. The molecule has 0 aromatic carbocycles. The van der Waals surface area contributed by atoms with E-state index in [0.717, 1.165) is 0 Å². The number of quaternary nitrogens is 1. The van der Waals surface area contributed by atoms with Gasteiger partial charge >= 0.3 is 5.97 Å². The average molecular weight is 308 g/mol. The first-order valence-electron chi connectivity index (χ1n) is 7.32. The van der Waals surface area contributed by atoms with Gasteiger partial charge < -0.3 is 28.5 Å². The molecule has 0 bridgehead atoms. The van der Waals surface area contributed by atoms with Crippen molar-refractivity contribution in [1.82, 2.24) is 0 Å². The van der Waals surface area contributed by atoms with E-state index >= 15 is 0 Å². The highest BCUT2D eigenvalue weighted by Gasteiger charge is 2.18. The zero-order chi connectivity index (χ0) is 16.0. The minimum Gasteiger partial charge on any atom is -0.477 e. The summed E-state index contributed by atoms with van der Waals surface area (Å²) in [7, 11) is 3.74. The van der Waals surface area contributed by atoms with Crippen molar-refractivity contribution in [3.63, 3.8) is 0 Å². The molecule has 0 aliphatic heterocycles. The van der Waals surface area contributed by atoms with E-state index in [-0.39, 0.29) is 6.54 Å². The number of carboxylic acid groups (broad SMARTS) is 1. The second kappa shape index (κ2) is 13.0. The maximum Gasteiger partial charge on any atom is 0.359 e. The summed E-state index contributed by atoms with van der Waals surface area (Å²) in [5, 5.41) is 8.74. The summed E-state index contributed by atoms with van der Waals surface area (Å²) >= 11 is 0. The van der Waals surface area contributed by atoms with Gasteiger partial charge in [0, 0.05) is 6.61 Å². The van der Waals surface area contributed by atoms with Gasteiger partial charge in [0.25, 0.3) is 0 Å². The molecule has 0 fully saturated rings. The van der Waals surface area contributed by atoms with E-state index in [1.54, 1.807) is 0 Å². The number of aliphatic carboxylic acids is 1. The van der Waals surface area contributed by atoms with Gasteiger partial charge in [-0.3, -0.25) is 0 Å². The molecule has 21 heavy (non-hydrogen) atoms. The Balaban J connectivity index is 3.24. The van der Waals surface area contributed by atoms with Crippen LogP contribution in [0, 0.1) is 0 Å². The SMILES string of the molecule is CCOCCOCCOCCOCC[N+](C)(C)CC(=O)O. The molecule has 0 saturated heterocycles. The van der Waals surface area contributed by atoms with Crippen LogP contribution in [0.25, 0.3) is 0 Å². The first kappa shape index (κ1) is 20.3. The molecule has 126 valence electrons. The fourth-order valence-electron chi connectivity index (χ4n) is 1.56. The van der Waals surface area contributed by atoms with Gasteiger partial charge in [-0.25, -0.2) is 4.79 Å². The predicted octanol–water partition coefficient (Wildman–Crippen LogP) is 0.234. The lowest BCUT2D eigenvalue weighted by atomic mass is 10.4. The Hall–Kier alpha value is -0.730. The number of carbonyl (C=O) groups is 1. The minimum absolute atomic E-state index is 0.0962. The molecule has 0 aliphatic rings. The van der Waals surface area contributed by atoms with Crippen LogP contribution in [-0.2, 0) is 23.7 Å². The molecular formula is C14H30NO6+. The lowest BCUT2D eigenvalue weighted by molar-refractivity contribution is -0.883. The Bertz CT molecular complexity index is 260.